The van der Waals surface area contributed by atoms with Crippen molar-refractivity contribution in [3.05, 3.63) is 102 Å². The average Bonchev–Trinajstić information content (AvgIpc) is 3.46. The largest absolute Gasteiger partial charge is 0.467 e. The smallest absolute Gasteiger partial charge is 0.247 e. The van der Waals surface area contributed by atoms with Crippen LogP contribution in [0.4, 0.5) is 0 Å². The Bertz CT molecular complexity index is 1110. The van der Waals surface area contributed by atoms with Gasteiger partial charge in [-0.2, -0.15) is 0 Å². The van der Waals surface area contributed by atoms with Crippen molar-refractivity contribution >= 4 is 17.9 Å². The fraction of sp³-hybridized carbons (Fsp3) is 0.333. The fourth-order valence-electron chi connectivity index (χ4n) is 4.30. The van der Waals surface area contributed by atoms with Crippen LogP contribution in [0.1, 0.15) is 23.3 Å². The maximum atomic E-state index is 13.6. The van der Waals surface area contributed by atoms with Crippen LogP contribution in [-0.4, -0.2) is 72.5 Å². The van der Waals surface area contributed by atoms with Gasteiger partial charge in [-0.15, -0.1) is 0 Å². The molecule has 0 atom stereocenters. The molecule has 0 aliphatic carbocycles. The number of benzene rings is 2. The average molecular weight is 502 g/mol. The van der Waals surface area contributed by atoms with Gasteiger partial charge in [0.1, 0.15) is 12.3 Å². The minimum absolute atomic E-state index is 0.00855. The van der Waals surface area contributed by atoms with Crippen molar-refractivity contribution in [1.29, 1.82) is 0 Å². The maximum absolute atomic E-state index is 13.6. The number of carbonyl (C=O) groups excluding carboxylic acids is 2. The highest BCUT2D eigenvalue weighted by Gasteiger charge is 2.22. The Balaban J connectivity index is 1.45. The Morgan fingerprint density at radius 2 is 1.59 bits per heavy atom. The third-order valence-electron chi connectivity index (χ3n) is 6.36. The molecule has 7 nitrogen and oxygen atoms in total. The molecule has 0 saturated carbocycles. The summed E-state index contributed by atoms with van der Waals surface area (Å²) in [6, 6.07) is 23.2. The molecule has 1 fully saturated rings. The Morgan fingerprint density at radius 1 is 0.865 bits per heavy atom. The zero-order valence-electron chi connectivity index (χ0n) is 21.2. The monoisotopic (exact) mass is 501 g/mol. The molecule has 37 heavy (non-hydrogen) atoms. The molecular weight excluding hydrogens is 466 g/mol. The van der Waals surface area contributed by atoms with E-state index in [0.29, 0.717) is 25.4 Å². The summed E-state index contributed by atoms with van der Waals surface area (Å²) in [5, 5.41) is 0. The Kier molecular flexibility index (Phi) is 10.1. The van der Waals surface area contributed by atoms with Crippen molar-refractivity contribution in [3.63, 3.8) is 0 Å². The summed E-state index contributed by atoms with van der Waals surface area (Å²) < 4.78 is 11.0. The molecule has 2 aromatic carbocycles. The molecule has 3 aromatic rings. The lowest BCUT2D eigenvalue weighted by atomic mass is 10.2. The van der Waals surface area contributed by atoms with Crippen LogP contribution in [0.5, 0.6) is 0 Å². The second kappa shape index (κ2) is 14.2. The van der Waals surface area contributed by atoms with Crippen LogP contribution >= 0.6 is 0 Å². The lowest BCUT2D eigenvalue weighted by Gasteiger charge is -2.29. The zero-order chi connectivity index (χ0) is 25.7. The van der Waals surface area contributed by atoms with E-state index in [2.05, 4.69) is 4.90 Å². The van der Waals surface area contributed by atoms with Gasteiger partial charge in [0.15, 0.2) is 0 Å². The molecule has 0 spiro atoms. The van der Waals surface area contributed by atoms with Crippen LogP contribution in [0.15, 0.2) is 89.6 Å². The predicted octanol–water partition coefficient (Wildman–Crippen LogP) is 4.07. The first-order valence-corrected chi connectivity index (χ1v) is 12.8. The number of ether oxygens (including phenoxy) is 1. The van der Waals surface area contributed by atoms with Crippen molar-refractivity contribution in [3.8, 4) is 0 Å². The molecule has 1 aliphatic rings. The van der Waals surface area contributed by atoms with Gasteiger partial charge in [0.05, 0.1) is 26.0 Å². The number of amides is 2. The second-order valence-electron chi connectivity index (χ2n) is 9.13. The van der Waals surface area contributed by atoms with Gasteiger partial charge in [-0.05, 0) is 35.8 Å². The van der Waals surface area contributed by atoms with E-state index in [1.165, 1.54) is 0 Å². The molecule has 0 N–H and O–H groups in total. The zero-order valence-corrected chi connectivity index (χ0v) is 21.2. The predicted molar refractivity (Wildman–Crippen MR) is 143 cm³/mol. The van der Waals surface area contributed by atoms with Crippen molar-refractivity contribution in [2.45, 2.75) is 19.5 Å². The topological polar surface area (TPSA) is 66.2 Å². The highest BCUT2D eigenvalue weighted by atomic mass is 16.5. The van der Waals surface area contributed by atoms with E-state index in [1.807, 2.05) is 72.8 Å². The molecule has 1 aromatic heterocycles. The van der Waals surface area contributed by atoms with Gasteiger partial charge in [-0.25, -0.2) is 0 Å². The molecule has 2 amide bonds. The first-order chi connectivity index (χ1) is 18.2. The number of hydrogen-bond donors (Lipinski definition) is 0. The molecule has 0 bridgehead atoms. The van der Waals surface area contributed by atoms with E-state index in [1.54, 1.807) is 28.2 Å². The molecule has 4 rings (SSSR count). The lowest BCUT2D eigenvalue weighted by molar-refractivity contribution is -0.139. The van der Waals surface area contributed by atoms with Gasteiger partial charge >= 0.3 is 0 Å². The van der Waals surface area contributed by atoms with Crippen LogP contribution in [-0.2, 0) is 27.4 Å². The number of morpholine rings is 1. The molecule has 2 heterocycles. The quantitative estimate of drug-likeness (QED) is 0.350. The van der Waals surface area contributed by atoms with Crippen LogP contribution in [0.2, 0.25) is 0 Å². The summed E-state index contributed by atoms with van der Waals surface area (Å²) in [6.45, 7) is 5.43. The lowest BCUT2D eigenvalue weighted by Crippen LogP contribution is -2.43. The highest BCUT2D eigenvalue weighted by Crippen LogP contribution is 2.13. The molecule has 0 radical (unpaired) electrons. The summed E-state index contributed by atoms with van der Waals surface area (Å²) >= 11 is 0. The minimum atomic E-state index is -0.170. The highest BCUT2D eigenvalue weighted by molar-refractivity contribution is 5.94. The molecule has 1 aliphatic heterocycles. The standard InChI is InChI=1S/C30H35N3O4/c34-29(15-14-26-9-3-1-4-10-26)32(17-8-16-31-18-21-36-22-19-31)25-30(35)33(24-28-13-7-20-37-28)23-27-11-5-2-6-12-27/h1-7,9-15,20H,8,16-19,21-25H2. The SMILES string of the molecule is O=C(C=Cc1ccccc1)N(CCCN1CCOCC1)CC(=O)N(Cc1ccccc1)Cc1ccco1. The molecular formula is C30H35N3O4. The summed E-state index contributed by atoms with van der Waals surface area (Å²) in [4.78, 5) is 32.6. The van der Waals surface area contributed by atoms with E-state index < -0.39 is 0 Å². The van der Waals surface area contributed by atoms with Crippen molar-refractivity contribution in [2.75, 3.05) is 45.9 Å². The number of carbonyl (C=O) groups is 2. The van der Waals surface area contributed by atoms with Crippen LogP contribution in [0, 0.1) is 0 Å². The second-order valence-corrected chi connectivity index (χ2v) is 9.13. The van der Waals surface area contributed by atoms with Crippen molar-refractivity contribution < 1.29 is 18.7 Å². The van der Waals surface area contributed by atoms with Crippen molar-refractivity contribution in [1.82, 2.24) is 14.7 Å². The van der Waals surface area contributed by atoms with Gasteiger partial charge in [0.2, 0.25) is 11.8 Å². The summed E-state index contributed by atoms with van der Waals surface area (Å²) in [6.07, 6.45) is 5.75. The van der Waals surface area contributed by atoms with E-state index in [4.69, 9.17) is 9.15 Å². The van der Waals surface area contributed by atoms with Gasteiger partial charge in [0, 0.05) is 38.8 Å². The summed E-state index contributed by atoms with van der Waals surface area (Å²) in [5.41, 5.74) is 1.97. The number of furan rings is 1. The molecule has 0 unspecified atom stereocenters. The third kappa shape index (κ3) is 8.74. The van der Waals surface area contributed by atoms with E-state index in [-0.39, 0.29) is 18.4 Å². The Hall–Kier alpha value is -3.68. The number of hydrogen-bond acceptors (Lipinski definition) is 5. The van der Waals surface area contributed by atoms with Gasteiger partial charge < -0.3 is 19.0 Å². The number of nitrogens with zero attached hydrogens (tertiary/aromatic N) is 3. The minimum Gasteiger partial charge on any atom is -0.467 e. The first-order valence-electron chi connectivity index (χ1n) is 12.8. The third-order valence-corrected chi connectivity index (χ3v) is 6.36. The van der Waals surface area contributed by atoms with E-state index >= 15 is 0 Å². The van der Waals surface area contributed by atoms with Crippen LogP contribution in [0.3, 0.4) is 0 Å². The van der Waals surface area contributed by atoms with Gasteiger partial charge in [0.25, 0.3) is 0 Å². The summed E-state index contributed by atoms with van der Waals surface area (Å²) in [5.74, 6) is 0.420. The molecule has 7 heteroatoms. The first kappa shape index (κ1) is 26.4. The molecule has 194 valence electrons. The normalized spacial score (nSPS) is 14.1. The van der Waals surface area contributed by atoms with Gasteiger partial charge in [-0.3, -0.25) is 14.5 Å². The van der Waals surface area contributed by atoms with Crippen LogP contribution in [0.25, 0.3) is 6.08 Å². The van der Waals surface area contributed by atoms with Crippen molar-refractivity contribution in [2.24, 2.45) is 0 Å². The fourth-order valence-corrected chi connectivity index (χ4v) is 4.30. The van der Waals surface area contributed by atoms with E-state index in [9.17, 15) is 9.59 Å². The van der Waals surface area contributed by atoms with Crippen LogP contribution < -0.4 is 0 Å². The Morgan fingerprint density at radius 3 is 2.30 bits per heavy atom. The molecule has 1 saturated heterocycles. The van der Waals surface area contributed by atoms with Gasteiger partial charge in [-0.1, -0.05) is 60.7 Å². The van der Waals surface area contributed by atoms with E-state index in [0.717, 1.165) is 50.4 Å². The number of rotatable bonds is 12. The summed E-state index contributed by atoms with van der Waals surface area (Å²) in [7, 11) is 0. The Labute approximate surface area is 218 Å². The maximum Gasteiger partial charge on any atom is 0.247 e.